The third-order valence-corrected chi connectivity index (χ3v) is 7.92. The maximum Gasteiger partial charge on any atom is 0.331 e. The molecule has 4 aromatic rings. The number of pyridine rings is 1. The van der Waals surface area contributed by atoms with Gasteiger partial charge in [-0.3, -0.25) is 4.98 Å². The first kappa shape index (κ1) is 23.5. The van der Waals surface area contributed by atoms with Gasteiger partial charge >= 0.3 is 5.97 Å². The molecule has 4 rings (SSSR count). The molecule has 1 atom stereocenters. The maximum atomic E-state index is 12.7. The van der Waals surface area contributed by atoms with Crippen LogP contribution in [-0.2, 0) is 32.5 Å². The number of carbonyl (C=O) groups excluding carboxylic acids is 1. The highest BCUT2D eigenvalue weighted by Gasteiger charge is 2.24. The number of carbonyl (C=O) groups is 1. The number of nitrogens with zero attached hydrogens (tertiary/aromatic N) is 4. The first-order chi connectivity index (χ1) is 16.4. The van der Waals surface area contributed by atoms with E-state index in [2.05, 4.69) is 20.0 Å². The molecule has 0 aliphatic carbocycles. The van der Waals surface area contributed by atoms with Gasteiger partial charge in [0.2, 0.25) is 10.0 Å². The first-order valence-corrected chi connectivity index (χ1v) is 12.4. The van der Waals surface area contributed by atoms with Gasteiger partial charge < -0.3 is 9.84 Å². The smallest absolute Gasteiger partial charge is 0.331 e. The van der Waals surface area contributed by atoms with Crippen molar-refractivity contribution in [3.63, 3.8) is 0 Å². The number of ether oxygens (including phenoxy) is 1. The molecule has 176 valence electrons. The largest absolute Gasteiger partial charge is 0.508 e. The Hall–Kier alpha value is -3.61. The van der Waals surface area contributed by atoms with Gasteiger partial charge in [0, 0.05) is 12.6 Å². The third kappa shape index (κ3) is 5.47. The van der Waals surface area contributed by atoms with Gasteiger partial charge in [0.1, 0.15) is 9.96 Å². The summed E-state index contributed by atoms with van der Waals surface area (Å²) in [5.41, 5.74) is 1.82. The van der Waals surface area contributed by atoms with Crippen LogP contribution in [0.5, 0.6) is 5.75 Å². The second kappa shape index (κ2) is 10.1. The Kier molecular flexibility index (Phi) is 7.01. The number of phenols is 1. The van der Waals surface area contributed by atoms with Crippen LogP contribution in [0.4, 0.5) is 0 Å². The lowest BCUT2D eigenvalue weighted by atomic mass is 10.1. The molecular formula is C22H21N5O5S2. The Morgan fingerprint density at radius 3 is 2.68 bits per heavy atom. The van der Waals surface area contributed by atoms with E-state index in [1.165, 1.54) is 36.2 Å². The standard InChI is InChI=1S/C22H21N5O5S2/c1-32-22(29)19(12-15-5-7-17(28)8-6-15)27-14-16(25-26-27)13-24-34(30,31)21-10-9-20(33-21)18-4-2-3-11-23-18/h2-11,14,19,24,28H,12-13H2,1H3/t19-/m0/s1. The molecule has 0 bridgehead atoms. The van der Waals surface area contributed by atoms with Gasteiger partial charge in [-0.1, -0.05) is 23.4 Å². The molecule has 0 saturated carbocycles. The second-order valence-corrected chi connectivity index (χ2v) is 10.3. The number of methoxy groups -OCH3 is 1. The highest BCUT2D eigenvalue weighted by molar-refractivity contribution is 7.91. The van der Waals surface area contributed by atoms with Gasteiger partial charge in [-0.15, -0.1) is 16.4 Å². The summed E-state index contributed by atoms with van der Waals surface area (Å²) in [5.74, 6) is -0.405. The van der Waals surface area contributed by atoms with Crippen molar-refractivity contribution in [3.05, 3.63) is 78.2 Å². The topological polar surface area (TPSA) is 136 Å². The van der Waals surface area contributed by atoms with Crippen LogP contribution in [0.25, 0.3) is 10.6 Å². The average molecular weight is 500 g/mol. The number of esters is 1. The van der Waals surface area contributed by atoms with E-state index in [1.807, 2.05) is 12.1 Å². The summed E-state index contributed by atoms with van der Waals surface area (Å²) in [6.07, 6.45) is 3.40. The SMILES string of the molecule is COC(=O)[C@H](Cc1ccc(O)cc1)n1cc(CNS(=O)(=O)c2ccc(-c3ccccn3)s2)nn1. The zero-order valence-corrected chi connectivity index (χ0v) is 19.7. The number of rotatable bonds is 9. The summed E-state index contributed by atoms with van der Waals surface area (Å²) < 4.78 is 34.4. The van der Waals surface area contributed by atoms with Crippen molar-refractivity contribution in [1.82, 2.24) is 24.7 Å². The average Bonchev–Trinajstić information content (AvgIpc) is 3.53. The van der Waals surface area contributed by atoms with Crippen LogP contribution < -0.4 is 4.72 Å². The van der Waals surface area contributed by atoms with Crippen molar-refractivity contribution in [3.8, 4) is 16.3 Å². The molecule has 0 fully saturated rings. The number of hydrogen-bond acceptors (Lipinski definition) is 9. The van der Waals surface area contributed by atoms with Crippen LogP contribution >= 0.6 is 11.3 Å². The normalized spacial score (nSPS) is 12.4. The van der Waals surface area contributed by atoms with E-state index < -0.39 is 22.0 Å². The van der Waals surface area contributed by atoms with E-state index in [-0.39, 0.29) is 22.9 Å². The lowest BCUT2D eigenvalue weighted by molar-refractivity contribution is -0.144. The van der Waals surface area contributed by atoms with Crippen molar-refractivity contribution < 1.29 is 23.1 Å². The van der Waals surface area contributed by atoms with E-state index in [4.69, 9.17) is 4.74 Å². The van der Waals surface area contributed by atoms with Crippen molar-refractivity contribution in [2.75, 3.05) is 7.11 Å². The summed E-state index contributed by atoms with van der Waals surface area (Å²) in [6, 6.07) is 14.3. The van der Waals surface area contributed by atoms with Crippen LogP contribution in [0.3, 0.4) is 0 Å². The molecule has 0 saturated heterocycles. The molecule has 0 unspecified atom stereocenters. The third-order valence-electron chi connectivity index (χ3n) is 4.92. The van der Waals surface area contributed by atoms with Crippen molar-refractivity contribution in [1.29, 1.82) is 0 Å². The van der Waals surface area contributed by atoms with Crippen molar-refractivity contribution in [2.45, 2.75) is 23.2 Å². The minimum absolute atomic E-state index is 0.105. The molecule has 0 spiro atoms. The number of hydrogen-bond donors (Lipinski definition) is 2. The summed E-state index contributed by atoms with van der Waals surface area (Å²) in [7, 11) is -2.51. The van der Waals surface area contributed by atoms with E-state index >= 15 is 0 Å². The van der Waals surface area contributed by atoms with E-state index in [1.54, 1.807) is 30.5 Å². The fourth-order valence-electron chi connectivity index (χ4n) is 3.17. The van der Waals surface area contributed by atoms with Crippen LogP contribution in [0.15, 0.2) is 71.2 Å². The quantitative estimate of drug-likeness (QED) is 0.335. The van der Waals surface area contributed by atoms with Crippen molar-refractivity contribution in [2.24, 2.45) is 0 Å². The molecule has 0 radical (unpaired) electrons. The van der Waals surface area contributed by atoms with Crippen LogP contribution in [0.1, 0.15) is 17.3 Å². The first-order valence-electron chi connectivity index (χ1n) is 10.1. The fourth-order valence-corrected chi connectivity index (χ4v) is 5.50. The summed E-state index contributed by atoms with van der Waals surface area (Å²) in [4.78, 5) is 17.3. The van der Waals surface area contributed by atoms with Crippen LogP contribution in [-0.4, -0.2) is 46.6 Å². The minimum Gasteiger partial charge on any atom is -0.508 e. The molecule has 10 nitrogen and oxygen atoms in total. The number of aromatic nitrogens is 4. The molecule has 2 N–H and O–H groups in total. The Labute approximate surface area is 199 Å². The monoisotopic (exact) mass is 499 g/mol. The summed E-state index contributed by atoms with van der Waals surface area (Å²) in [5, 5.41) is 17.4. The van der Waals surface area contributed by atoms with Gasteiger partial charge in [-0.2, -0.15) is 0 Å². The fraction of sp³-hybridized carbons (Fsp3) is 0.182. The Balaban J connectivity index is 1.45. The van der Waals surface area contributed by atoms with Crippen molar-refractivity contribution >= 4 is 27.3 Å². The predicted molar refractivity (Wildman–Crippen MR) is 124 cm³/mol. The van der Waals surface area contributed by atoms with Gasteiger partial charge in [0.25, 0.3) is 0 Å². The second-order valence-electron chi connectivity index (χ2n) is 7.26. The molecule has 3 heterocycles. The maximum absolute atomic E-state index is 12.7. The van der Waals surface area contributed by atoms with Gasteiger partial charge in [-0.05, 0) is 42.0 Å². The molecule has 0 aliphatic heterocycles. The number of sulfonamides is 1. The predicted octanol–water partition coefficient (Wildman–Crippen LogP) is 2.54. The molecule has 0 aliphatic rings. The number of nitrogens with one attached hydrogen (secondary N) is 1. The van der Waals surface area contributed by atoms with Gasteiger partial charge in [0.15, 0.2) is 6.04 Å². The van der Waals surface area contributed by atoms with Gasteiger partial charge in [0.05, 0.1) is 36.1 Å². The lowest BCUT2D eigenvalue weighted by Gasteiger charge is -2.14. The van der Waals surface area contributed by atoms with Crippen LogP contribution in [0, 0.1) is 0 Å². The highest BCUT2D eigenvalue weighted by Crippen LogP contribution is 2.29. The minimum atomic E-state index is -3.78. The molecule has 12 heteroatoms. The number of phenolic OH excluding ortho intramolecular Hbond substituents is 1. The number of aromatic hydroxyl groups is 1. The summed E-state index contributed by atoms with van der Waals surface area (Å²) >= 11 is 1.11. The lowest BCUT2D eigenvalue weighted by Crippen LogP contribution is -2.24. The Morgan fingerprint density at radius 2 is 1.97 bits per heavy atom. The summed E-state index contributed by atoms with van der Waals surface area (Å²) in [6.45, 7) is -0.105. The Morgan fingerprint density at radius 1 is 1.18 bits per heavy atom. The zero-order valence-electron chi connectivity index (χ0n) is 18.0. The Bertz CT molecular complexity index is 1370. The van der Waals surface area contributed by atoms with Gasteiger partial charge in [-0.25, -0.2) is 22.6 Å². The molecule has 34 heavy (non-hydrogen) atoms. The zero-order chi connectivity index (χ0) is 24.1. The molecule has 1 aromatic carbocycles. The number of benzene rings is 1. The van der Waals surface area contributed by atoms with E-state index in [0.29, 0.717) is 11.4 Å². The molecule has 0 amide bonds. The highest BCUT2D eigenvalue weighted by atomic mass is 32.2. The van der Waals surface area contributed by atoms with Crippen LogP contribution in [0.2, 0.25) is 0 Å². The molecule has 3 aromatic heterocycles. The van der Waals surface area contributed by atoms with E-state index in [0.717, 1.165) is 21.8 Å². The number of thiophene rings is 1. The molecular weight excluding hydrogens is 478 g/mol. The van der Waals surface area contributed by atoms with E-state index in [9.17, 15) is 18.3 Å².